The van der Waals surface area contributed by atoms with Gasteiger partial charge in [0.25, 0.3) is 0 Å². The molecule has 0 amide bonds. The summed E-state index contributed by atoms with van der Waals surface area (Å²) in [4.78, 5) is 20.2. The lowest BCUT2D eigenvalue weighted by molar-refractivity contribution is -0.137. The molecule has 6 nitrogen and oxygen atoms in total. The Balaban J connectivity index is 2.21. The average Bonchev–Trinajstić information content (AvgIpc) is 2.90. The van der Waals surface area contributed by atoms with Crippen LogP contribution in [0.3, 0.4) is 0 Å². The Morgan fingerprint density at radius 3 is 2.77 bits per heavy atom. The van der Waals surface area contributed by atoms with Crippen LogP contribution in [0.1, 0.15) is 26.1 Å². The number of hydrogen-bond donors (Lipinski definition) is 2. The van der Waals surface area contributed by atoms with E-state index >= 15 is 0 Å². The van der Waals surface area contributed by atoms with E-state index in [9.17, 15) is 9.90 Å². The van der Waals surface area contributed by atoms with E-state index in [1.165, 1.54) is 0 Å². The zero-order valence-corrected chi connectivity index (χ0v) is 12.5. The van der Waals surface area contributed by atoms with Gasteiger partial charge in [-0.1, -0.05) is 26.0 Å². The van der Waals surface area contributed by atoms with Crippen LogP contribution in [0.25, 0.3) is 22.1 Å². The number of para-hydroxylation sites is 1. The number of aryl methyl sites for hydroxylation is 1. The third-order valence-corrected chi connectivity index (χ3v) is 3.60. The Hall–Kier alpha value is -2.63. The maximum absolute atomic E-state index is 11.3. The zero-order chi connectivity index (χ0) is 15.7. The highest BCUT2D eigenvalue weighted by atomic mass is 16.4. The largest absolute Gasteiger partial charge is 0.480 e. The number of furan rings is 1. The molecule has 0 unspecified atom stereocenters. The molecule has 1 aromatic carbocycles. The van der Waals surface area contributed by atoms with E-state index in [0.717, 1.165) is 5.39 Å². The van der Waals surface area contributed by atoms with E-state index in [-0.39, 0.29) is 0 Å². The lowest BCUT2D eigenvalue weighted by Gasteiger charge is -2.13. The van der Waals surface area contributed by atoms with Crippen LogP contribution in [0.15, 0.2) is 28.7 Å². The van der Waals surface area contributed by atoms with E-state index in [1.807, 2.05) is 38.1 Å². The highest BCUT2D eigenvalue weighted by molar-refractivity contribution is 6.05. The fourth-order valence-corrected chi connectivity index (χ4v) is 2.40. The molecule has 2 aromatic heterocycles. The number of carboxylic acids is 1. The van der Waals surface area contributed by atoms with Gasteiger partial charge in [0.15, 0.2) is 11.4 Å². The van der Waals surface area contributed by atoms with Gasteiger partial charge in [-0.2, -0.15) is 0 Å². The van der Waals surface area contributed by atoms with Crippen molar-refractivity contribution >= 4 is 33.9 Å². The molecule has 0 saturated heterocycles. The Kier molecular flexibility index (Phi) is 3.66. The van der Waals surface area contributed by atoms with Crippen molar-refractivity contribution in [3.8, 4) is 0 Å². The van der Waals surface area contributed by atoms with Crippen molar-refractivity contribution in [3.05, 3.63) is 30.1 Å². The molecule has 3 rings (SSSR count). The van der Waals surface area contributed by atoms with Gasteiger partial charge in [-0.25, -0.2) is 14.8 Å². The first-order valence-electron chi connectivity index (χ1n) is 7.31. The van der Waals surface area contributed by atoms with Gasteiger partial charge in [0, 0.05) is 11.8 Å². The second kappa shape index (κ2) is 5.63. The lowest BCUT2D eigenvalue weighted by Crippen LogP contribution is -2.29. The Labute approximate surface area is 127 Å². The second-order valence-corrected chi connectivity index (χ2v) is 5.06. The van der Waals surface area contributed by atoms with Crippen molar-refractivity contribution in [3.63, 3.8) is 0 Å². The minimum atomic E-state index is -0.913. The number of fused-ring (bicyclic) bond motifs is 3. The molecule has 6 heteroatoms. The van der Waals surface area contributed by atoms with Crippen LogP contribution >= 0.6 is 0 Å². The number of carbonyl (C=O) groups is 1. The second-order valence-electron chi connectivity index (χ2n) is 5.06. The van der Waals surface area contributed by atoms with Gasteiger partial charge >= 0.3 is 5.97 Å². The molecule has 114 valence electrons. The minimum absolute atomic E-state index is 0.437. The van der Waals surface area contributed by atoms with Gasteiger partial charge in [-0.05, 0) is 18.6 Å². The van der Waals surface area contributed by atoms with E-state index in [4.69, 9.17) is 4.42 Å². The van der Waals surface area contributed by atoms with Gasteiger partial charge < -0.3 is 14.8 Å². The number of aromatic nitrogens is 2. The molecule has 0 aliphatic heterocycles. The number of carboxylic acid groups (broad SMARTS) is 1. The number of anilines is 1. The van der Waals surface area contributed by atoms with Crippen LogP contribution in [-0.2, 0) is 11.2 Å². The quantitative estimate of drug-likeness (QED) is 0.752. The molecule has 22 heavy (non-hydrogen) atoms. The van der Waals surface area contributed by atoms with E-state index in [1.54, 1.807) is 0 Å². The Morgan fingerprint density at radius 2 is 2.09 bits per heavy atom. The van der Waals surface area contributed by atoms with Crippen molar-refractivity contribution in [2.45, 2.75) is 32.7 Å². The van der Waals surface area contributed by atoms with Crippen LogP contribution in [0.4, 0.5) is 5.82 Å². The molecule has 1 atom stereocenters. The first-order valence-corrected chi connectivity index (χ1v) is 7.31. The summed E-state index contributed by atoms with van der Waals surface area (Å²) in [7, 11) is 0. The van der Waals surface area contributed by atoms with Crippen molar-refractivity contribution < 1.29 is 14.3 Å². The molecule has 0 bridgehead atoms. The summed E-state index contributed by atoms with van der Waals surface area (Å²) in [5.74, 6) is 0.178. The molecular weight excluding hydrogens is 282 g/mol. The first kappa shape index (κ1) is 14.3. The Morgan fingerprint density at radius 1 is 1.32 bits per heavy atom. The summed E-state index contributed by atoms with van der Waals surface area (Å²) < 4.78 is 5.83. The molecule has 0 spiro atoms. The van der Waals surface area contributed by atoms with Crippen LogP contribution in [0.5, 0.6) is 0 Å². The summed E-state index contributed by atoms with van der Waals surface area (Å²) in [5.41, 5.74) is 1.93. The predicted octanol–water partition coefficient (Wildman–Crippen LogP) is 3.21. The van der Waals surface area contributed by atoms with Crippen LogP contribution in [-0.4, -0.2) is 27.1 Å². The van der Waals surface area contributed by atoms with Gasteiger partial charge in [-0.15, -0.1) is 0 Å². The fourth-order valence-electron chi connectivity index (χ4n) is 2.40. The van der Waals surface area contributed by atoms with Gasteiger partial charge in [0.2, 0.25) is 0 Å². The zero-order valence-electron chi connectivity index (χ0n) is 12.5. The fraction of sp³-hybridized carbons (Fsp3) is 0.312. The molecule has 2 heterocycles. The number of nitrogens with one attached hydrogen (secondary N) is 1. The Bertz CT molecular complexity index is 841. The molecule has 3 aromatic rings. The monoisotopic (exact) mass is 299 g/mol. The number of hydrogen-bond acceptors (Lipinski definition) is 5. The molecule has 2 N–H and O–H groups in total. The smallest absolute Gasteiger partial charge is 0.326 e. The van der Waals surface area contributed by atoms with E-state index < -0.39 is 12.0 Å². The average molecular weight is 299 g/mol. The summed E-state index contributed by atoms with van der Waals surface area (Å²) in [5, 5.41) is 13.1. The van der Waals surface area contributed by atoms with Crippen molar-refractivity contribution in [2.75, 3.05) is 5.32 Å². The minimum Gasteiger partial charge on any atom is -0.480 e. The van der Waals surface area contributed by atoms with E-state index in [2.05, 4.69) is 15.3 Å². The number of benzene rings is 1. The van der Waals surface area contributed by atoms with E-state index in [0.29, 0.717) is 41.2 Å². The summed E-state index contributed by atoms with van der Waals surface area (Å²) in [6.07, 6.45) is 1.11. The van der Waals surface area contributed by atoms with Crippen molar-refractivity contribution in [2.24, 2.45) is 0 Å². The lowest BCUT2D eigenvalue weighted by atomic mass is 10.2. The summed E-state index contributed by atoms with van der Waals surface area (Å²) in [6.45, 7) is 3.77. The first-order chi connectivity index (χ1) is 10.6. The maximum atomic E-state index is 11.3. The molecule has 0 fully saturated rings. The molecule has 0 radical (unpaired) electrons. The van der Waals surface area contributed by atoms with Crippen molar-refractivity contribution in [1.29, 1.82) is 0 Å². The van der Waals surface area contributed by atoms with Crippen molar-refractivity contribution in [1.82, 2.24) is 9.97 Å². The number of nitrogens with zero attached hydrogens (tertiary/aromatic N) is 2. The van der Waals surface area contributed by atoms with Gasteiger partial charge in [0.05, 0.1) is 0 Å². The standard InChI is InChI=1S/C16H17N3O3/c1-3-10(16(20)21)17-15-14-13(18-12(4-2)19-15)9-7-5-6-8-11(9)22-14/h5-8,10H,3-4H2,1-2H3,(H,20,21)(H,17,18,19)/t10-/m1/s1. The normalized spacial score (nSPS) is 12.6. The molecule has 0 aliphatic carbocycles. The third-order valence-electron chi connectivity index (χ3n) is 3.60. The summed E-state index contributed by atoms with van der Waals surface area (Å²) >= 11 is 0. The number of aliphatic carboxylic acids is 1. The van der Waals surface area contributed by atoms with Gasteiger partial charge in [-0.3, -0.25) is 0 Å². The summed E-state index contributed by atoms with van der Waals surface area (Å²) in [6, 6.07) is 6.89. The van der Waals surface area contributed by atoms with Crippen LogP contribution in [0, 0.1) is 0 Å². The number of rotatable bonds is 5. The highest BCUT2D eigenvalue weighted by Gasteiger charge is 2.20. The van der Waals surface area contributed by atoms with Crippen LogP contribution < -0.4 is 5.32 Å². The molecule has 0 saturated carbocycles. The predicted molar refractivity (Wildman–Crippen MR) is 84.0 cm³/mol. The maximum Gasteiger partial charge on any atom is 0.326 e. The highest BCUT2D eigenvalue weighted by Crippen LogP contribution is 2.31. The molecule has 0 aliphatic rings. The van der Waals surface area contributed by atoms with Gasteiger partial charge in [0.1, 0.15) is 23.0 Å². The third kappa shape index (κ3) is 2.36. The topological polar surface area (TPSA) is 88.2 Å². The van der Waals surface area contributed by atoms with Crippen LogP contribution in [0.2, 0.25) is 0 Å². The molecular formula is C16H17N3O3. The SMILES string of the molecule is CCc1nc(N[C@H](CC)C(=O)O)c2oc3ccccc3c2n1.